The van der Waals surface area contributed by atoms with Crippen molar-refractivity contribution >= 4 is 5.91 Å². The Labute approximate surface area is 153 Å². The number of piperidine rings is 1. The minimum atomic E-state index is 0. The first-order valence-corrected chi connectivity index (χ1v) is 10.3. The summed E-state index contributed by atoms with van der Waals surface area (Å²) in [7, 11) is 0. The van der Waals surface area contributed by atoms with Gasteiger partial charge in [0.05, 0.1) is 6.04 Å². The molecule has 1 aromatic rings. The summed E-state index contributed by atoms with van der Waals surface area (Å²) in [6, 6.07) is 9.86. The molecule has 1 saturated carbocycles. The molecule has 0 aromatic heterocycles. The summed E-state index contributed by atoms with van der Waals surface area (Å²) in [6.45, 7) is 4.10. The zero-order chi connectivity index (χ0) is 17.3. The van der Waals surface area contributed by atoms with Crippen LogP contribution in [0.25, 0.3) is 0 Å². The fourth-order valence-electron chi connectivity index (χ4n) is 5.68. The second-order valence-electron chi connectivity index (χ2n) is 8.51. The van der Waals surface area contributed by atoms with Gasteiger partial charge in [0.1, 0.15) is 0 Å². The molecule has 4 rings (SSSR count). The number of benzene rings is 1. The molecule has 3 nitrogen and oxygen atoms in total. The molecule has 1 amide bonds. The van der Waals surface area contributed by atoms with E-state index in [9.17, 15) is 4.79 Å². The van der Waals surface area contributed by atoms with Crippen LogP contribution in [0.15, 0.2) is 24.3 Å². The molecular formula is C22H34N2O. The molecule has 2 fully saturated rings. The van der Waals surface area contributed by atoms with Crippen molar-refractivity contribution in [2.75, 3.05) is 13.1 Å². The summed E-state index contributed by atoms with van der Waals surface area (Å²) in [5, 5.41) is 3.20. The minimum Gasteiger partial charge on any atom is -0.349 e. The lowest BCUT2D eigenvalue weighted by molar-refractivity contribution is -0.119. The maximum atomic E-state index is 11.7. The Morgan fingerprint density at radius 2 is 1.80 bits per heavy atom. The molecule has 0 bridgehead atoms. The quantitative estimate of drug-likeness (QED) is 0.799. The summed E-state index contributed by atoms with van der Waals surface area (Å²) in [5.74, 6) is 0.0905. The number of nitrogens with one attached hydrogen (secondary N) is 1. The number of hydrogen-bond acceptors (Lipinski definition) is 2. The predicted octanol–water partition coefficient (Wildman–Crippen LogP) is 4.57. The highest BCUT2D eigenvalue weighted by atomic mass is 16.1. The van der Waals surface area contributed by atoms with E-state index >= 15 is 0 Å². The van der Waals surface area contributed by atoms with Crippen LogP contribution in [0.3, 0.4) is 0 Å². The van der Waals surface area contributed by atoms with Crippen molar-refractivity contribution in [3.05, 3.63) is 35.4 Å². The fourth-order valence-corrected chi connectivity index (χ4v) is 5.68. The van der Waals surface area contributed by atoms with E-state index in [1.165, 1.54) is 75.6 Å². The Morgan fingerprint density at radius 3 is 2.48 bits per heavy atom. The maximum absolute atomic E-state index is 11.7. The van der Waals surface area contributed by atoms with Crippen molar-refractivity contribution in [3.63, 3.8) is 0 Å². The van der Waals surface area contributed by atoms with Gasteiger partial charge in [0.2, 0.25) is 5.91 Å². The zero-order valence-electron chi connectivity index (χ0n) is 15.6. The topological polar surface area (TPSA) is 32.3 Å². The molecular weight excluding hydrogens is 308 g/mol. The van der Waals surface area contributed by atoms with Gasteiger partial charge >= 0.3 is 0 Å². The van der Waals surface area contributed by atoms with Gasteiger partial charge in [-0.25, -0.2) is 0 Å². The molecule has 0 radical (unpaired) electrons. The summed E-state index contributed by atoms with van der Waals surface area (Å²) < 4.78 is 0. The molecule has 3 aliphatic rings. The highest BCUT2D eigenvalue weighted by Crippen LogP contribution is 2.51. The Balaban J connectivity index is 0.00000196. The van der Waals surface area contributed by atoms with Crippen molar-refractivity contribution in [1.29, 1.82) is 0 Å². The van der Waals surface area contributed by atoms with E-state index in [2.05, 4.69) is 34.5 Å². The third-order valence-corrected chi connectivity index (χ3v) is 6.98. The molecule has 0 unspecified atom stereocenters. The Hall–Kier alpha value is -1.35. The van der Waals surface area contributed by atoms with Gasteiger partial charge in [0.25, 0.3) is 0 Å². The largest absolute Gasteiger partial charge is 0.349 e. The Kier molecular flexibility index (Phi) is 4.86. The van der Waals surface area contributed by atoms with Crippen LogP contribution in [0.2, 0.25) is 0 Å². The van der Waals surface area contributed by atoms with Gasteiger partial charge in [0, 0.05) is 19.8 Å². The maximum Gasteiger partial charge on any atom is 0.217 e. The third-order valence-electron chi connectivity index (χ3n) is 6.98. The van der Waals surface area contributed by atoms with Gasteiger partial charge in [-0.05, 0) is 56.3 Å². The molecule has 138 valence electrons. The number of carbonyl (C=O) groups is 1. The molecule has 1 atom stereocenters. The number of fused-ring (bicyclic) bond motifs is 2. The van der Waals surface area contributed by atoms with E-state index in [4.69, 9.17) is 0 Å². The predicted molar refractivity (Wildman–Crippen MR) is 104 cm³/mol. The first-order chi connectivity index (χ1) is 12.2. The van der Waals surface area contributed by atoms with Crippen LogP contribution in [0, 0.1) is 0 Å². The first kappa shape index (κ1) is 17.1. The second kappa shape index (κ2) is 7.11. The number of rotatable bonds is 2. The van der Waals surface area contributed by atoms with Gasteiger partial charge in [-0.2, -0.15) is 0 Å². The molecule has 1 aromatic carbocycles. The molecule has 3 heteroatoms. The third kappa shape index (κ3) is 3.36. The van der Waals surface area contributed by atoms with E-state index in [0.29, 0.717) is 0 Å². The fraction of sp³-hybridized carbons (Fsp3) is 0.682. The van der Waals surface area contributed by atoms with E-state index < -0.39 is 0 Å². The van der Waals surface area contributed by atoms with Crippen LogP contribution in [0.4, 0.5) is 0 Å². The highest BCUT2D eigenvalue weighted by Gasteiger charge is 2.46. The number of hydrogen-bond donors (Lipinski definition) is 1. The van der Waals surface area contributed by atoms with Gasteiger partial charge in [-0.15, -0.1) is 0 Å². The molecule has 1 saturated heterocycles. The standard InChI is InChI=1S/C22H32N2O.H2/c1-17(25)23-21-16-22(20-11-7-6-10-19(20)21)12-14-24(15-13-22)18-8-4-2-3-5-9-18;/h6-7,10-11,18,21H,2-5,8-9,12-16H2,1H3,(H,23,25);1H/t21-;/m0./s1. The lowest BCUT2D eigenvalue weighted by atomic mass is 9.73. The van der Waals surface area contributed by atoms with E-state index in [1.807, 2.05) is 0 Å². The average molecular weight is 343 g/mol. The molecule has 1 spiro atoms. The number of amides is 1. The SMILES string of the molecule is CC(=O)N[C@H]1CC2(CCN(C3CCCCCC3)CC2)c2ccccc21.[HH]. The normalized spacial score (nSPS) is 27.0. The van der Waals surface area contributed by atoms with Crippen molar-refractivity contribution in [2.45, 2.75) is 82.2 Å². The Bertz CT molecular complexity index is 616. The van der Waals surface area contributed by atoms with Crippen molar-refractivity contribution in [3.8, 4) is 0 Å². The molecule has 25 heavy (non-hydrogen) atoms. The summed E-state index contributed by atoms with van der Waals surface area (Å²) >= 11 is 0. The van der Waals surface area contributed by atoms with Gasteiger partial charge in [-0.1, -0.05) is 49.9 Å². The molecule has 1 aliphatic heterocycles. The van der Waals surface area contributed by atoms with E-state index in [1.54, 1.807) is 6.92 Å². The van der Waals surface area contributed by atoms with Crippen molar-refractivity contribution in [2.24, 2.45) is 0 Å². The molecule has 1 heterocycles. The van der Waals surface area contributed by atoms with Crippen LogP contribution < -0.4 is 5.32 Å². The minimum absolute atomic E-state index is 0. The summed E-state index contributed by atoms with van der Waals surface area (Å²) in [4.78, 5) is 14.4. The number of likely N-dealkylation sites (tertiary alicyclic amines) is 1. The highest BCUT2D eigenvalue weighted by molar-refractivity contribution is 5.73. The van der Waals surface area contributed by atoms with Crippen LogP contribution in [-0.4, -0.2) is 29.9 Å². The summed E-state index contributed by atoms with van der Waals surface area (Å²) in [6.07, 6.45) is 12.1. The molecule has 1 N–H and O–H groups in total. The van der Waals surface area contributed by atoms with Gasteiger partial charge in [0.15, 0.2) is 0 Å². The van der Waals surface area contributed by atoms with Crippen LogP contribution in [0.5, 0.6) is 0 Å². The van der Waals surface area contributed by atoms with Crippen LogP contribution in [0.1, 0.15) is 83.3 Å². The second-order valence-corrected chi connectivity index (χ2v) is 8.51. The van der Waals surface area contributed by atoms with Gasteiger partial charge < -0.3 is 10.2 Å². The smallest absolute Gasteiger partial charge is 0.217 e. The number of carbonyl (C=O) groups excluding carboxylic acids is 1. The zero-order valence-corrected chi connectivity index (χ0v) is 15.6. The average Bonchev–Trinajstić information content (AvgIpc) is 2.80. The van der Waals surface area contributed by atoms with Gasteiger partial charge in [-0.3, -0.25) is 4.79 Å². The summed E-state index contributed by atoms with van der Waals surface area (Å²) in [5.41, 5.74) is 3.15. The monoisotopic (exact) mass is 342 g/mol. The van der Waals surface area contributed by atoms with Crippen LogP contribution >= 0.6 is 0 Å². The van der Waals surface area contributed by atoms with E-state index in [-0.39, 0.29) is 18.8 Å². The lowest BCUT2D eigenvalue weighted by Crippen LogP contribution is -2.46. The van der Waals surface area contributed by atoms with Crippen molar-refractivity contribution < 1.29 is 6.22 Å². The molecule has 2 aliphatic carbocycles. The number of nitrogens with zero attached hydrogens (tertiary/aromatic N) is 1. The Morgan fingerprint density at radius 1 is 1.12 bits per heavy atom. The lowest BCUT2D eigenvalue weighted by Gasteiger charge is -2.43. The van der Waals surface area contributed by atoms with E-state index in [0.717, 1.165) is 12.5 Å². The van der Waals surface area contributed by atoms with Crippen molar-refractivity contribution in [1.82, 2.24) is 10.2 Å². The van der Waals surface area contributed by atoms with Crippen LogP contribution in [-0.2, 0) is 10.2 Å². The first-order valence-electron chi connectivity index (χ1n) is 10.3.